The number of carbonyl (C=O) groups is 1. The van der Waals surface area contributed by atoms with Gasteiger partial charge in [0, 0.05) is 11.0 Å². The molecule has 1 saturated heterocycles. The van der Waals surface area contributed by atoms with Crippen LogP contribution in [0.15, 0.2) is 50.2 Å². The first-order valence-electron chi connectivity index (χ1n) is 9.01. The lowest BCUT2D eigenvalue weighted by Crippen LogP contribution is -2.27. The SMILES string of the molecule is CCOc1cc(/C=C2\SC(=S)N(CC)C2=O)cc(Br)c1OCc1ccc(Br)cc1. The van der Waals surface area contributed by atoms with Gasteiger partial charge in [-0.15, -0.1) is 0 Å². The quantitative estimate of drug-likeness (QED) is 0.291. The van der Waals surface area contributed by atoms with Crippen molar-refractivity contribution in [3.8, 4) is 11.5 Å². The fourth-order valence-electron chi connectivity index (χ4n) is 2.73. The van der Waals surface area contributed by atoms with E-state index in [2.05, 4.69) is 31.9 Å². The Hall–Kier alpha value is -1.35. The van der Waals surface area contributed by atoms with Crippen LogP contribution in [-0.4, -0.2) is 28.3 Å². The molecule has 1 fully saturated rings. The molecule has 0 N–H and O–H groups in total. The number of benzene rings is 2. The van der Waals surface area contributed by atoms with Gasteiger partial charge >= 0.3 is 0 Å². The van der Waals surface area contributed by atoms with Gasteiger partial charge in [-0.25, -0.2) is 0 Å². The Balaban J connectivity index is 1.86. The second-order valence-electron chi connectivity index (χ2n) is 6.10. The van der Waals surface area contributed by atoms with Gasteiger partial charge in [0.2, 0.25) is 0 Å². The normalized spacial score (nSPS) is 15.3. The number of ether oxygens (including phenoxy) is 2. The minimum atomic E-state index is -0.0628. The first-order valence-corrected chi connectivity index (χ1v) is 11.8. The van der Waals surface area contributed by atoms with Crippen LogP contribution < -0.4 is 9.47 Å². The van der Waals surface area contributed by atoms with E-state index in [-0.39, 0.29) is 5.91 Å². The highest BCUT2D eigenvalue weighted by molar-refractivity contribution is 9.10. The molecule has 1 aliphatic heterocycles. The molecule has 0 aromatic heterocycles. The van der Waals surface area contributed by atoms with Gasteiger partial charge < -0.3 is 9.47 Å². The lowest BCUT2D eigenvalue weighted by Gasteiger charge is -2.15. The number of hydrogen-bond donors (Lipinski definition) is 0. The maximum absolute atomic E-state index is 12.5. The smallest absolute Gasteiger partial charge is 0.266 e. The first kappa shape index (κ1) is 22.3. The van der Waals surface area contributed by atoms with Gasteiger partial charge in [-0.3, -0.25) is 9.69 Å². The van der Waals surface area contributed by atoms with Crippen LogP contribution in [-0.2, 0) is 11.4 Å². The molecule has 29 heavy (non-hydrogen) atoms. The monoisotopic (exact) mass is 555 g/mol. The lowest BCUT2D eigenvalue weighted by atomic mass is 10.1. The van der Waals surface area contributed by atoms with Crippen LogP contribution >= 0.6 is 55.8 Å². The van der Waals surface area contributed by atoms with Crippen molar-refractivity contribution in [1.82, 2.24) is 4.90 Å². The molecule has 0 aliphatic carbocycles. The second-order valence-corrected chi connectivity index (χ2v) is 9.55. The number of amides is 1. The number of thioether (sulfide) groups is 1. The zero-order chi connectivity index (χ0) is 21.0. The fraction of sp³-hybridized carbons (Fsp3) is 0.238. The summed E-state index contributed by atoms with van der Waals surface area (Å²) < 4.78 is 14.2. The number of carbonyl (C=O) groups excluding carboxylic acids is 1. The summed E-state index contributed by atoms with van der Waals surface area (Å²) in [6.45, 7) is 5.32. The van der Waals surface area contributed by atoms with Crippen LogP contribution in [0, 0.1) is 0 Å². The van der Waals surface area contributed by atoms with Crippen LogP contribution in [0.2, 0.25) is 0 Å². The van der Waals surface area contributed by atoms with Gasteiger partial charge in [0.05, 0.1) is 16.0 Å². The van der Waals surface area contributed by atoms with E-state index in [0.717, 1.165) is 20.1 Å². The summed E-state index contributed by atoms with van der Waals surface area (Å²) in [7, 11) is 0. The first-order chi connectivity index (χ1) is 13.9. The number of halogens is 2. The molecule has 8 heteroatoms. The van der Waals surface area contributed by atoms with Crippen LogP contribution in [0.1, 0.15) is 25.0 Å². The molecule has 152 valence electrons. The molecule has 0 radical (unpaired) electrons. The van der Waals surface area contributed by atoms with E-state index in [1.807, 2.05) is 56.3 Å². The van der Waals surface area contributed by atoms with E-state index in [9.17, 15) is 4.79 Å². The van der Waals surface area contributed by atoms with Crippen molar-refractivity contribution in [1.29, 1.82) is 0 Å². The molecule has 2 aromatic rings. The third-order valence-corrected chi connectivity index (χ3v) is 6.61. The van der Waals surface area contributed by atoms with Crippen molar-refractivity contribution in [3.63, 3.8) is 0 Å². The van der Waals surface area contributed by atoms with Crippen molar-refractivity contribution in [2.45, 2.75) is 20.5 Å². The van der Waals surface area contributed by atoms with Crippen molar-refractivity contribution in [3.05, 3.63) is 61.4 Å². The number of nitrogens with zero attached hydrogens (tertiary/aromatic N) is 1. The van der Waals surface area contributed by atoms with Crippen molar-refractivity contribution >= 4 is 72.1 Å². The predicted octanol–water partition coefficient (Wildman–Crippen LogP) is 6.41. The molecule has 1 amide bonds. The van der Waals surface area contributed by atoms with Gasteiger partial charge in [-0.05, 0) is 71.2 Å². The summed E-state index contributed by atoms with van der Waals surface area (Å²) in [5.41, 5.74) is 1.89. The predicted molar refractivity (Wildman–Crippen MR) is 129 cm³/mol. The zero-order valence-electron chi connectivity index (χ0n) is 15.9. The summed E-state index contributed by atoms with van der Waals surface area (Å²) in [6, 6.07) is 11.8. The van der Waals surface area contributed by atoms with Crippen molar-refractivity contribution < 1.29 is 14.3 Å². The van der Waals surface area contributed by atoms with Crippen molar-refractivity contribution in [2.75, 3.05) is 13.2 Å². The van der Waals surface area contributed by atoms with Crippen LogP contribution in [0.5, 0.6) is 11.5 Å². The highest BCUT2D eigenvalue weighted by Gasteiger charge is 2.30. The molecule has 0 spiro atoms. The summed E-state index contributed by atoms with van der Waals surface area (Å²) in [6.07, 6.45) is 1.83. The van der Waals surface area contributed by atoms with E-state index in [1.54, 1.807) is 4.90 Å². The fourth-order valence-corrected chi connectivity index (χ4v) is 4.96. The molecule has 1 heterocycles. The number of likely N-dealkylation sites (N-methyl/N-ethyl adjacent to an activating group) is 1. The number of rotatable bonds is 7. The molecule has 0 saturated carbocycles. The Morgan fingerprint density at radius 3 is 2.48 bits per heavy atom. The molecule has 0 unspecified atom stereocenters. The topological polar surface area (TPSA) is 38.8 Å². The Labute approximate surface area is 196 Å². The average molecular weight is 557 g/mol. The van der Waals surface area contributed by atoms with Gasteiger partial charge in [-0.1, -0.05) is 52.0 Å². The summed E-state index contributed by atoms with van der Waals surface area (Å²) in [4.78, 5) is 14.7. The third kappa shape index (κ3) is 5.42. The molecule has 1 aliphatic rings. The van der Waals surface area contributed by atoms with E-state index >= 15 is 0 Å². The largest absolute Gasteiger partial charge is 0.490 e. The Morgan fingerprint density at radius 2 is 1.86 bits per heavy atom. The maximum Gasteiger partial charge on any atom is 0.266 e. The van der Waals surface area contributed by atoms with Crippen molar-refractivity contribution in [2.24, 2.45) is 0 Å². The summed E-state index contributed by atoms with van der Waals surface area (Å²) in [5, 5.41) is 0. The molecular weight excluding hydrogens is 538 g/mol. The Kier molecular flexibility index (Phi) is 7.79. The highest BCUT2D eigenvalue weighted by Crippen LogP contribution is 2.39. The minimum absolute atomic E-state index is 0.0628. The van der Waals surface area contributed by atoms with E-state index in [4.69, 9.17) is 21.7 Å². The molecule has 3 rings (SSSR count). The van der Waals surface area contributed by atoms with Crippen LogP contribution in [0.4, 0.5) is 0 Å². The van der Waals surface area contributed by atoms with E-state index < -0.39 is 0 Å². The number of thiocarbonyl (C=S) groups is 1. The molecule has 2 aromatic carbocycles. The Morgan fingerprint density at radius 1 is 1.14 bits per heavy atom. The highest BCUT2D eigenvalue weighted by atomic mass is 79.9. The lowest BCUT2D eigenvalue weighted by molar-refractivity contribution is -0.121. The van der Waals surface area contributed by atoms with Gasteiger partial charge in [0.25, 0.3) is 5.91 Å². The summed E-state index contributed by atoms with van der Waals surface area (Å²) in [5.74, 6) is 1.19. The molecule has 0 bridgehead atoms. The van der Waals surface area contributed by atoms with Crippen LogP contribution in [0.3, 0.4) is 0 Å². The third-order valence-electron chi connectivity index (χ3n) is 4.12. The van der Waals surface area contributed by atoms with Gasteiger partial charge in [0.1, 0.15) is 10.9 Å². The van der Waals surface area contributed by atoms with Gasteiger partial charge in [0.15, 0.2) is 11.5 Å². The molecule has 0 atom stereocenters. The van der Waals surface area contributed by atoms with E-state index in [0.29, 0.717) is 40.5 Å². The molecule has 4 nitrogen and oxygen atoms in total. The number of hydrogen-bond acceptors (Lipinski definition) is 5. The average Bonchev–Trinajstić information content (AvgIpc) is 2.95. The summed E-state index contributed by atoms with van der Waals surface area (Å²) >= 11 is 13.6. The minimum Gasteiger partial charge on any atom is -0.490 e. The zero-order valence-corrected chi connectivity index (χ0v) is 20.7. The van der Waals surface area contributed by atoms with Crippen LogP contribution in [0.25, 0.3) is 6.08 Å². The second kappa shape index (κ2) is 10.1. The standard InChI is InChI=1S/C21H19Br2NO3S2/c1-3-24-20(25)18(29-21(24)28)11-14-9-16(23)19(17(10-14)26-4-2)27-12-13-5-7-15(22)8-6-13/h5-11H,3-4,12H2,1-2H3/b18-11-. The Bertz CT molecular complexity index is 961. The van der Waals surface area contributed by atoms with Gasteiger partial charge in [-0.2, -0.15) is 0 Å². The maximum atomic E-state index is 12.5. The molecular formula is C21H19Br2NO3S2. The van der Waals surface area contributed by atoms with E-state index in [1.165, 1.54) is 11.8 Å².